The van der Waals surface area contributed by atoms with E-state index in [2.05, 4.69) is 15.0 Å². The average Bonchev–Trinajstić information content (AvgIpc) is 2.91. The number of H-pyrrole nitrogens is 2. The van der Waals surface area contributed by atoms with Gasteiger partial charge in [-0.05, 0) is 6.92 Å². The number of nitrogens with zero attached hydrogens (tertiary/aromatic N) is 2. The quantitative estimate of drug-likeness (QED) is 0.628. The van der Waals surface area contributed by atoms with Crippen molar-refractivity contribution in [3.63, 3.8) is 0 Å². The number of rotatable bonds is 2. The minimum atomic E-state index is -0.0520. The highest BCUT2D eigenvalue weighted by Gasteiger charge is 2.12. The average molecular weight is 249 g/mol. The minimum Gasteiger partial charge on any atom is -0.325 e. The van der Waals surface area contributed by atoms with Crippen LogP contribution in [-0.2, 0) is 6.54 Å². The van der Waals surface area contributed by atoms with Crippen LogP contribution in [0.3, 0.4) is 0 Å². The van der Waals surface area contributed by atoms with Crippen LogP contribution in [0.2, 0.25) is 0 Å². The van der Waals surface area contributed by atoms with E-state index < -0.39 is 0 Å². The van der Waals surface area contributed by atoms with Crippen molar-refractivity contribution < 1.29 is 0 Å². The summed E-state index contributed by atoms with van der Waals surface area (Å²) in [5.41, 5.74) is 8.29. The summed E-state index contributed by atoms with van der Waals surface area (Å²) in [5.74, 6) is 0.737. The first kappa shape index (κ1) is 10.3. The maximum absolute atomic E-state index is 11.3. The fourth-order valence-corrected chi connectivity index (χ4v) is 2.65. The number of imidazole rings is 2. The molecule has 0 radical (unpaired) electrons. The Labute approximate surface area is 100 Å². The van der Waals surface area contributed by atoms with Gasteiger partial charge < -0.3 is 15.7 Å². The Balaban J connectivity index is 2.21. The summed E-state index contributed by atoms with van der Waals surface area (Å²) in [6, 6.07) is 0. The zero-order chi connectivity index (χ0) is 12.0. The van der Waals surface area contributed by atoms with Crippen LogP contribution in [0.25, 0.3) is 16.3 Å². The minimum absolute atomic E-state index is 0.0520. The zero-order valence-corrected chi connectivity index (χ0v) is 9.97. The predicted molar refractivity (Wildman–Crippen MR) is 66.1 cm³/mol. The smallest absolute Gasteiger partial charge is 0.305 e. The van der Waals surface area contributed by atoms with Crippen molar-refractivity contribution in [2.75, 3.05) is 0 Å². The van der Waals surface area contributed by atoms with Crippen LogP contribution in [0.1, 0.15) is 11.4 Å². The van der Waals surface area contributed by atoms with Crippen LogP contribution in [-0.4, -0.2) is 19.4 Å². The molecule has 0 atom stereocenters. The molecule has 4 N–H and O–H groups in total. The number of hydrogen-bond donors (Lipinski definition) is 3. The molecule has 0 spiro atoms. The monoisotopic (exact) mass is 249 g/mol. The van der Waals surface area contributed by atoms with Gasteiger partial charge >= 0.3 is 4.87 Å². The van der Waals surface area contributed by atoms with Gasteiger partial charge in [-0.25, -0.2) is 4.98 Å². The molecule has 0 aliphatic heterocycles. The fourth-order valence-electron chi connectivity index (χ4n) is 1.84. The van der Waals surface area contributed by atoms with E-state index in [0.29, 0.717) is 6.54 Å². The molecule has 3 heterocycles. The lowest BCUT2D eigenvalue weighted by Crippen LogP contribution is -1.98. The summed E-state index contributed by atoms with van der Waals surface area (Å²) >= 11 is 1.18. The summed E-state index contributed by atoms with van der Waals surface area (Å²) in [5, 5.41) is 0. The van der Waals surface area contributed by atoms with Gasteiger partial charge in [0.2, 0.25) is 5.78 Å². The number of fused-ring (bicyclic) bond motifs is 1. The molecule has 0 amide bonds. The predicted octanol–water partition coefficient (Wildman–Crippen LogP) is 0.846. The van der Waals surface area contributed by atoms with Crippen molar-refractivity contribution in [2.24, 2.45) is 5.73 Å². The molecule has 0 unspecified atom stereocenters. The highest BCUT2D eigenvalue weighted by Crippen LogP contribution is 2.24. The van der Waals surface area contributed by atoms with Gasteiger partial charge in [-0.3, -0.25) is 9.20 Å². The van der Waals surface area contributed by atoms with Crippen LogP contribution in [0, 0.1) is 6.92 Å². The molecule has 3 rings (SSSR count). The molecule has 0 aliphatic carbocycles. The molecule has 6 nitrogen and oxygen atoms in total. The molecule has 0 aliphatic rings. The highest BCUT2D eigenvalue weighted by molar-refractivity contribution is 7.13. The Morgan fingerprint density at radius 3 is 3.00 bits per heavy atom. The number of aryl methyl sites for hydroxylation is 1. The van der Waals surface area contributed by atoms with E-state index in [1.165, 1.54) is 11.3 Å². The summed E-state index contributed by atoms with van der Waals surface area (Å²) in [7, 11) is 0. The molecule has 0 saturated heterocycles. The molecule has 0 bridgehead atoms. The number of thiazole rings is 1. The second-order valence-electron chi connectivity index (χ2n) is 3.78. The maximum atomic E-state index is 11.3. The van der Waals surface area contributed by atoms with Crippen LogP contribution in [0.5, 0.6) is 0 Å². The number of aromatic nitrogens is 4. The van der Waals surface area contributed by atoms with Crippen molar-refractivity contribution in [2.45, 2.75) is 13.5 Å². The third-order valence-electron chi connectivity index (χ3n) is 2.66. The van der Waals surface area contributed by atoms with E-state index in [9.17, 15) is 4.79 Å². The molecular formula is C10H11N5OS. The lowest BCUT2D eigenvalue weighted by atomic mass is 10.3. The van der Waals surface area contributed by atoms with Gasteiger partial charge in [0.15, 0.2) is 0 Å². The van der Waals surface area contributed by atoms with Crippen LogP contribution in [0.4, 0.5) is 0 Å². The third-order valence-corrected chi connectivity index (χ3v) is 3.67. The number of aromatic amines is 2. The van der Waals surface area contributed by atoms with Gasteiger partial charge in [0.25, 0.3) is 0 Å². The molecule has 0 aromatic carbocycles. The lowest BCUT2D eigenvalue weighted by molar-refractivity contribution is 0.966. The second-order valence-corrected chi connectivity index (χ2v) is 4.77. The standard InChI is InChI=1S/C10H11N5OS/c1-5-8(17-10(16)13-5)7-4-15-6(2-11)3-12-9(15)14-7/h3-4H,2,11H2,1H3,(H,12,14)(H,13,16). The topological polar surface area (TPSA) is 92.0 Å². The van der Waals surface area contributed by atoms with Gasteiger partial charge in [-0.15, -0.1) is 0 Å². The van der Waals surface area contributed by atoms with E-state index in [4.69, 9.17) is 5.73 Å². The molecule has 17 heavy (non-hydrogen) atoms. The van der Waals surface area contributed by atoms with E-state index in [1.54, 1.807) is 6.20 Å². The Bertz CT molecular complexity index is 731. The first-order valence-corrected chi connectivity index (χ1v) is 5.96. The summed E-state index contributed by atoms with van der Waals surface area (Å²) in [6.07, 6.45) is 3.65. The molecule has 3 aromatic rings. The number of hydrogen-bond acceptors (Lipinski definition) is 4. The Kier molecular flexibility index (Phi) is 2.17. The first-order valence-electron chi connectivity index (χ1n) is 5.14. The lowest BCUT2D eigenvalue weighted by Gasteiger charge is -1.93. The largest absolute Gasteiger partial charge is 0.325 e. The highest BCUT2D eigenvalue weighted by atomic mass is 32.1. The van der Waals surface area contributed by atoms with Crippen molar-refractivity contribution in [1.82, 2.24) is 19.4 Å². The first-order chi connectivity index (χ1) is 8.19. The van der Waals surface area contributed by atoms with E-state index in [1.807, 2.05) is 17.5 Å². The van der Waals surface area contributed by atoms with Crippen molar-refractivity contribution >= 4 is 17.1 Å². The van der Waals surface area contributed by atoms with Gasteiger partial charge in [0.05, 0.1) is 22.5 Å². The maximum Gasteiger partial charge on any atom is 0.305 e. The van der Waals surface area contributed by atoms with Crippen LogP contribution >= 0.6 is 11.3 Å². The van der Waals surface area contributed by atoms with Crippen LogP contribution < -0.4 is 10.6 Å². The molecule has 88 valence electrons. The summed E-state index contributed by atoms with van der Waals surface area (Å²) in [6.45, 7) is 2.31. The molecule has 0 fully saturated rings. The van der Waals surface area contributed by atoms with Gasteiger partial charge in [0.1, 0.15) is 0 Å². The molecular weight excluding hydrogens is 238 g/mol. The normalized spacial score (nSPS) is 11.4. The second kappa shape index (κ2) is 3.57. The molecule has 3 aromatic heterocycles. The van der Waals surface area contributed by atoms with Gasteiger partial charge in [0, 0.05) is 18.4 Å². The Hall–Kier alpha value is -1.86. The number of nitrogens with two attached hydrogens (primary N) is 1. The number of nitrogens with one attached hydrogen (secondary N) is 2. The van der Waals surface area contributed by atoms with Crippen molar-refractivity contribution in [1.29, 1.82) is 0 Å². The van der Waals surface area contributed by atoms with Crippen molar-refractivity contribution in [3.05, 3.63) is 33.4 Å². The summed E-state index contributed by atoms with van der Waals surface area (Å²) in [4.78, 5) is 22.3. The van der Waals surface area contributed by atoms with E-state index >= 15 is 0 Å². The molecule has 7 heteroatoms. The van der Waals surface area contributed by atoms with Gasteiger partial charge in [-0.1, -0.05) is 11.3 Å². The third kappa shape index (κ3) is 1.51. The molecule has 0 saturated carbocycles. The van der Waals surface area contributed by atoms with E-state index in [-0.39, 0.29) is 4.87 Å². The Morgan fingerprint density at radius 1 is 1.53 bits per heavy atom. The van der Waals surface area contributed by atoms with Crippen LogP contribution in [0.15, 0.2) is 17.2 Å². The summed E-state index contributed by atoms with van der Waals surface area (Å²) < 4.78 is 1.90. The Morgan fingerprint density at radius 2 is 2.35 bits per heavy atom. The van der Waals surface area contributed by atoms with E-state index in [0.717, 1.165) is 27.7 Å². The SMILES string of the molecule is Cc1[nH]c(=O)sc1-c1cn2c(CN)cnc2[nH]1. The fraction of sp³-hybridized carbons (Fsp3) is 0.200. The van der Waals surface area contributed by atoms with Gasteiger partial charge in [-0.2, -0.15) is 0 Å². The van der Waals surface area contributed by atoms with Crippen molar-refractivity contribution in [3.8, 4) is 10.6 Å². The zero-order valence-electron chi connectivity index (χ0n) is 9.15.